The number of carboxylic acid groups (broad SMARTS) is 1. The van der Waals surface area contributed by atoms with Crippen molar-refractivity contribution in [2.45, 2.75) is 32.7 Å². The first-order chi connectivity index (χ1) is 7.38. The topological polar surface area (TPSA) is 109 Å². The Morgan fingerprint density at radius 3 is 2.38 bits per heavy atom. The van der Waals surface area contributed by atoms with Crippen LogP contribution in [0.3, 0.4) is 0 Å². The van der Waals surface area contributed by atoms with Crippen molar-refractivity contribution in [2.75, 3.05) is 0 Å². The van der Waals surface area contributed by atoms with Crippen LogP contribution in [0.15, 0.2) is 11.6 Å². The van der Waals surface area contributed by atoms with Crippen LogP contribution in [0.1, 0.15) is 26.7 Å². The van der Waals surface area contributed by atoms with Crippen molar-refractivity contribution in [3.05, 3.63) is 11.6 Å². The molecule has 1 unspecified atom stereocenters. The number of allylic oxidation sites excluding steroid dienone is 1. The number of nitrogens with one attached hydrogen (secondary N) is 1. The zero-order chi connectivity index (χ0) is 12.7. The Kier molecular flexibility index (Phi) is 5.84. The molecule has 2 amide bonds. The molecule has 0 aliphatic heterocycles. The van der Waals surface area contributed by atoms with Crippen LogP contribution in [0.5, 0.6) is 0 Å². The number of hydrogen-bond donors (Lipinski definition) is 3. The lowest BCUT2D eigenvalue weighted by atomic mass is 10.1. The lowest BCUT2D eigenvalue weighted by Gasteiger charge is -2.12. The maximum Gasteiger partial charge on any atom is 0.326 e. The van der Waals surface area contributed by atoms with Crippen molar-refractivity contribution < 1.29 is 19.5 Å². The predicted molar refractivity (Wildman–Crippen MR) is 57.4 cm³/mol. The van der Waals surface area contributed by atoms with E-state index in [9.17, 15) is 14.4 Å². The van der Waals surface area contributed by atoms with Gasteiger partial charge in [0.25, 0.3) is 0 Å². The molecule has 0 heterocycles. The van der Waals surface area contributed by atoms with E-state index < -0.39 is 30.2 Å². The maximum absolute atomic E-state index is 11.4. The van der Waals surface area contributed by atoms with Gasteiger partial charge in [-0.25, -0.2) is 4.79 Å². The SMILES string of the molecule is CC/C=C(\C)C(=O)NC(CC(N)=O)C(=O)O. The quantitative estimate of drug-likeness (QED) is 0.546. The van der Waals surface area contributed by atoms with Crippen LogP contribution in [-0.4, -0.2) is 28.9 Å². The number of aliphatic carboxylic acids is 1. The van der Waals surface area contributed by atoms with Crippen LogP contribution in [-0.2, 0) is 14.4 Å². The fourth-order valence-corrected chi connectivity index (χ4v) is 1.07. The number of rotatable bonds is 6. The highest BCUT2D eigenvalue weighted by molar-refractivity contribution is 5.96. The minimum atomic E-state index is -1.28. The lowest BCUT2D eigenvalue weighted by Crippen LogP contribution is -2.43. The van der Waals surface area contributed by atoms with E-state index in [0.717, 1.165) is 0 Å². The normalized spacial score (nSPS) is 13.0. The Hall–Kier alpha value is -1.85. The molecule has 0 aromatic heterocycles. The summed E-state index contributed by atoms with van der Waals surface area (Å²) >= 11 is 0. The van der Waals surface area contributed by atoms with E-state index in [1.165, 1.54) is 0 Å². The van der Waals surface area contributed by atoms with E-state index in [1.807, 2.05) is 6.92 Å². The highest BCUT2D eigenvalue weighted by Crippen LogP contribution is 1.98. The molecule has 4 N–H and O–H groups in total. The van der Waals surface area contributed by atoms with E-state index in [-0.39, 0.29) is 0 Å². The van der Waals surface area contributed by atoms with Gasteiger partial charge in [0.2, 0.25) is 11.8 Å². The molecule has 0 radical (unpaired) electrons. The average Bonchev–Trinajstić information content (AvgIpc) is 2.16. The van der Waals surface area contributed by atoms with Gasteiger partial charge < -0.3 is 16.2 Å². The van der Waals surface area contributed by atoms with Gasteiger partial charge in [-0.3, -0.25) is 9.59 Å². The molecule has 0 aromatic carbocycles. The summed E-state index contributed by atoms with van der Waals surface area (Å²) in [6, 6.07) is -1.27. The molecule has 0 fully saturated rings. The monoisotopic (exact) mass is 228 g/mol. The number of carbonyl (C=O) groups excluding carboxylic acids is 2. The molecule has 0 aliphatic carbocycles. The van der Waals surface area contributed by atoms with Crippen molar-refractivity contribution in [2.24, 2.45) is 5.73 Å². The first-order valence-electron chi connectivity index (χ1n) is 4.87. The first kappa shape index (κ1) is 14.2. The molecule has 0 bridgehead atoms. The minimum absolute atomic E-state index is 0.415. The molecule has 1 atom stereocenters. The molecule has 0 spiro atoms. The van der Waals surface area contributed by atoms with Crippen LogP contribution >= 0.6 is 0 Å². The van der Waals surface area contributed by atoms with Gasteiger partial charge in [0, 0.05) is 5.57 Å². The van der Waals surface area contributed by atoms with E-state index in [4.69, 9.17) is 10.8 Å². The fourth-order valence-electron chi connectivity index (χ4n) is 1.07. The Morgan fingerprint density at radius 1 is 1.44 bits per heavy atom. The molecule has 0 saturated heterocycles. The highest BCUT2D eigenvalue weighted by Gasteiger charge is 2.22. The maximum atomic E-state index is 11.4. The highest BCUT2D eigenvalue weighted by atomic mass is 16.4. The zero-order valence-electron chi connectivity index (χ0n) is 9.32. The summed E-state index contributed by atoms with van der Waals surface area (Å²) in [5.74, 6) is -2.56. The summed E-state index contributed by atoms with van der Waals surface area (Å²) in [5.41, 5.74) is 5.29. The number of nitrogens with two attached hydrogens (primary N) is 1. The lowest BCUT2D eigenvalue weighted by molar-refractivity contribution is -0.142. The molecule has 6 heteroatoms. The molecule has 0 aliphatic rings. The second-order valence-corrected chi connectivity index (χ2v) is 3.33. The minimum Gasteiger partial charge on any atom is -0.480 e. The van der Waals surface area contributed by atoms with E-state index >= 15 is 0 Å². The molecule has 16 heavy (non-hydrogen) atoms. The van der Waals surface area contributed by atoms with Crippen LogP contribution in [0, 0.1) is 0 Å². The summed E-state index contributed by atoms with van der Waals surface area (Å²) in [4.78, 5) is 32.7. The fraction of sp³-hybridized carbons (Fsp3) is 0.500. The van der Waals surface area contributed by atoms with E-state index in [2.05, 4.69) is 5.32 Å². The summed E-state index contributed by atoms with van der Waals surface area (Å²) in [6.07, 6.45) is 1.92. The number of carboxylic acids is 1. The number of hydrogen-bond acceptors (Lipinski definition) is 3. The van der Waals surface area contributed by atoms with Crippen LogP contribution < -0.4 is 11.1 Å². The average molecular weight is 228 g/mol. The van der Waals surface area contributed by atoms with E-state index in [1.54, 1.807) is 13.0 Å². The third-order valence-electron chi connectivity index (χ3n) is 1.88. The second-order valence-electron chi connectivity index (χ2n) is 3.33. The Balaban J connectivity index is 4.52. The summed E-state index contributed by atoms with van der Waals surface area (Å²) < 4.78 is 0. The smallest absolute Gasteiger partial charge is 0.326 e. The van der Waals surface area contributed by atoms with Crippen LogP contribution in [0.25, 0.3) is 0 Å². The van der Waals surface area contributed by atoms with Crippen molar-refractivity contribution in [1.82, 2.24) is 5.32 Å². The van der Waals surface area contributed by atoms with Crippen molar-refractivity contribution in [1.29, 1.82) is 0 Å². The van der Waals surface area contributed by atoms with Gasteiger partial charge in [-0.15, -0.1) is 0 Å². The summed E-state index contributed by atoms with van der Waals surface area (Å²) in [7, 11) is 0. The first-order valence-corrected chi connectivity index (χ1v) is 4.87. The summed E-state index contributed by atoms with van der Waals surface area (Å²) in [6.45, 7) is 3.43. The Labute approximate surface area is 93.5 Å². The molecule has 90 valence electrons. The van der Waals surface area contributed by atoms with Crippen molar-refractivity contribution in [3.63, 3.8) is 0 Å². The molecular formula is C10H16N2O4. The third-order valence-corrected chi connectivity index (χ3v) is 1.88. The van der Waals surface area contributed by atoms with Crippen LogP contribution in [0.2, 0.25) is 0 Å². The molecular weight excluding hydrogens is 212 g/mol. The Bertz CT molecular complexity index is 323. The van der Waals surface area contributed by atoms with Crippen molar-refractivity contribution >= 4 is 17.8 Å². The van der Waals surface area contributed by atoms with Crippen molar-refractivity contribution in [3.8, 4) is 0 Å². The molecule has 0 aromatic rings. The standard InChI is InChI=1S/C10H16N2O4/c1-3-4-6(2)9(14)12-7(10(15)16)5-8(11)13/h4,7H,3,5H2,1-2H3,(H2,11,13)(H,12,14)(H,15,16)/b6-4+. The van der Waals surface area contributed by atoms with E-state index in [0.29, 0.717) is 12.0 Å². The van der Waals surface area contributed by atoms with Gasteiger partial charge in [0.15, 0.2) is 0 Å². The molecule has 0 saturated carbocycles. The number of primary amides is 1. The van der Waals surface area contributed by atoms with Gasteiger partial charge in [-0.05, 0) is 13.3 Å². The zero-order valence-corrected chi connectivity index (χ0v) is 9.32. The summed E-state index contributed by atoms with van der Waals surface area (Å²) in [5, 5.41) is 11.0. The molecule has 0 rings (SSSR count). The predicted octanol–water partition coefficient (Wildman–Crippen LogP) is -0.212. The van der Waals surface area contributed by atoms with Gasteiger partial charge in [0.05, 0.1) is 6.42 Å². The van der Waals surface area contributed by atoms with Gasteiger partial charge in [0.1, 0.15) is 6.04 Å². The number of carbonyl (C=O) groups is 3. The van der Waals surface area contributed by atoms with Gasteiger partial charge in [-0.1, -0.05) is 13.0 Å². The third kappa shape index (κ3) is 5.14. The van der Waals surface area contributed by atoms with Gasteiger partial charge >= 0.3 is 5.97 Å². The number of amides is 2. The Morgan fingerprint density at radius 2 is 2.00 bits per heavy atom. The van der Waals surface area contributed by atoms with Crippen LogP contribution in [0.4, 0.5) is 0 Å². The second kappa shape index (κ2) is 6.60. The van der Waals surface area contributed by atoms with Gasteiger partial charge in [-0.2, -0.15) is 0 Å². The largest absolute Gasteiger partial charge is 0.480 e. The molecule has 6 nitrogen and oxygen atoms in total.